The third kappa shape index (κ3) is 4.94. The van der Waals surface area contributed by atoms with Crippen LogP contribution in [-0.2, 0) is 20.6 Å². The Hall–Kier alpha value is -2.77. The highest BCUT2D eigenvalue weighted by Gasteiger charge is 2.58. The van der Waals surface area contributed by atoms with Crippen molar-refractivity contribution in [1.29, 1.82) is 0 Å². The molecule has 0 fully saturated rings. The molecule has 0 unspecified atom stereocenters. The Kier molecular flexibility index (Phi) is 7.24. The third-order valence-electron chi connectivity index (χ3n) is 6.20. The number of amides is 2. The minimum Gasteiger partial charge on any atom is -0.459 e. The molecule has 0 radical (unpaired) electrons. The largest absolute Gasteiger partial charge is 0.459 e. The van der Waals surface area contributed by atoms with Crippen LogP contribution in [0.1, 0.15) is 54.0 Å². The molecule has 0 saturated heterocycles. The molecule has 3 rings (SSSR count). The zero-order chi connectivity index (χ0) is 24.4. The van der Waals surface area contributed by atoms with Gasteiger partial charge in [0.1, 0.15) is 6.61 Å². The molecular formula is C26H33NO5Si. The summed E-state index contributed by atoms with van der Waals surface area (Å²) < 4.78 is 11.8. The number of hydrogen-bond acceptors (Lipinski definition) is 5. The van der Waals surface area contributed by atoms with Crippen LogP contribution in [0.15, 0.2) is 54.6 Å². The molecule has 0 saturated carbocycles. The molecule has 2 aromatic rings. The summed E-state index contributed by atoms with van der Waals surface area (Å²) in [4.78, 5) is 41.8. The Labute approximate surface area is 197 Å². The van der Waals surface area contributed by atoms with Gasteiger partial charge in [0, 0.05) is 12.5 Å². The van der Waals surface area contributed by atoms with Crippen molar-refractivity contribution in [1.82, 2.24) is 4.90 Å². The van der Waals surface area contributed by atoms with Crippen molar-refractivity contribution < 1.29 is 23.5 Å². The van der Waals surface area contributed by atoms with E-state index in [2.05, 4.69) is 0 Å². The monoisotopic (exact) mass is 467 g/mol. The SMILES string of the molecule is C[SiH](C)OC[C@H](C(C)(C)C)[C@@](C)(C(=O)OCc1ccccc1)N1C(=O)c2ccccc2C1=O. The molecule has 0 aliphatic carbocycles. The van der Waals surface area contributed by atoms with Gasteiger partial charge in [-0.1, -0.05) is 63.2 Å². The maximum atomic E-state index is 13.8. The van der Waals surface area contributed by atoms with Crippen LogP contribution >= 0.6 is 0 Å². The number of ether oxygens (including phenoxy) is 1. The molecule has 1 aliphatic heterocycles. The lowest BCUT2D eigenvalue weighted by Crippen LogP contribution is -2.64. The number of esters is 1. The molecule has 176 valence electrons. The highest BCUT2D eigenvalue weighted by molar-refractivity contribution is 6.48. The van der Waals surface area contributed by atoms with Crippen LogP contribution in [0.3, 0.4) is 0 Å². The van der Waals surface area contributed by atoms with Crippen LogP contribution in [0.25, 0.3) is 0 Å². The van der Waals surface area contributed by atoms with E-state index in [9.17, 15) is 14.4 Å². The van der Waals surface area contributed by atoms with Gasteiger partial charge in [-0.15, -0.1) is 0 Å². The quantitative estimate of drug-likeness (QED) is 0.326. The summed E-state index contributed by atoms with van der Waals surface area (Å²) in [7, 11) is -1.43. The fourth-order valence-electron chi connectivity index (χ4n) is 4.41. The average molecular weight is 468 g/mol. The highest BCUT2D eigenvalue weighted by Crippen LogP contribution is 2.43. The molecule has 0 bridgehead atoms. The molecule has 1 aliphatic rings. The number of rotatable bonds is 8. The van der Waals surface area contributed by atoms with Crippen molar-refractivity contribution >= 4 is 26.8 Å². The summed E-state index contributed by atoms with van der Waals surface area (Å²) in [6, 6.07) is 16.0. The summed E-state index contributed by atoms with van der Waals surface area (Å²) >= 11 is 0. The smallest absolute Gasteiger partial charge is 0.333 e. The van der Waals surface area contributed by atoms with E-state index in [-0.39, 0.29) is 13.2 Å². The zero-order valence-corrected chi connectivity index (χ0v) is 21.4. The van der Waals surface area contributed by atoms with Gasteiger partial charge in [-0.05, 0) is 43.1 Å². The first-order chi connectivity index (χ1) is 15.5. The molecule has 0 aromatic heterocycles. The Morgan fingerprint density at radius 3 is 1.91 bits per heavy atom. The van der Waals surface area contributed by atoms with E-state index in [1.54, 1.807) is 31.2 Å². The summed E-state index contributed by atoms with van der Waals surface area (Å²) in [6.45, 7) is 12.0. The van der Waals surface area contributed by atoms with Crippen molar-refractivity contribution in [3.8, 4) is 0 Å². The van der Waals surface area contributed by atoms with Crippen molar-refractivity contribution in [3.63, 3.8) is 0 Å². The average Bonchev–Trinajstić information content (AvgIpc) is 3.02. The van der Waals surface area contributed by atoms with Crippen LogP contribution < -0.4 is 0 Å². The topological polar surface area (TPSA) is 72.9 Å². The van der Waals surface area contributed by atoms with Crippen LogP contribution in [0, 0.1) is 11.3 Å². The minimum atomic E-state index is -1.55. The fraction of sp³-hybridized carbons (Fsp3) is 0.423. The van der Waals surface area contributed by atoms with E-state index in [1.165, 1.54) is 0 Å². The Balaban J connectivity index is 2.06. The summed E-state index contributed by atoms with van der Waals surface area (Å²) in [5.74, 6) is -2.06. The molecule has 0 N–H and O–H groups in total. The van der Waals surface area contributed by atoms with Gasteiger partial charge in [-0.3, -0.25) is 14.5 Å². The van der Waals surface area contributed by atoms with Crippen LogP contribution in [0.5, 0.6) is 0 Å². The van der Waals surface area contributed by atoms with Crippen molar-refractivity contribution in [3.05, 3.63) is 71.3 Å². The molecule has 0 spiro atoms. The van der Waals surface area contributed by atoms with Gasteiger partial charge in [0.25, 0.3) is 11.8 Å². The highest BCUT2D eigenvalue weighted by atomic mass is 28.3. The Morgan fingerprint density at radius 2 is 1.42 bits per heavy atom. The van der Waals surface area contributed by atoms with Crippen molar-refractivity contribution in [2.75, 3.05) is 6.61 Å². The predicted octanol–water partition coefficient (Wildman–Crippen LogP) is 4.45. The normalized spacial score (nSPS) is 16.5. The van der Waals surface area contributed by atoms with E-state index >= 15 is 0 Å². The molecule has 33 heavy (non-hydrogen) atoms. The Morgan fingerprint density at radius 1 is 0.909 bits per heavy atom. The predicted molar refractivity (Wildman–Crippen MR) is 129 cm³/mol. The minimum absolute atomic E-state index is 0.0507. The Bertz CT molecular complexity index is 995. The molecule has 2 aromatic carbocycles. The van der Waals surface area contributed by atoms with E-state index < -0.39 is 43.7 Å². The molecular weight excluding hydrogens is 434 g/mol. The number of nitrogens with zero attached hydrogens (tertiary/aromatic N) is 1. The van der Waals surface area contributed by atoms with Crippen LogP contribution in [0.4, 0.5) is 0 Å². The molecule has 2 atom stereocenters. The van der Waals surface area contributed by atoms with Gasteiger partial charge in [0.2, 0.25) is 0 Å². The second kappa shape index (κ2) is 9.61. The number of hydrogen-bond donors (Lipinski definition) is 0. The number of fused-ring (bicyclic) bond motifs is 1. The fourth-order valence-corrected chi connectivity index (χ4v) is 4.99. The summed E-state index contributed by atoms with van der Waals surface area (Å²) in [5, 5.41) is 0. The lowest BCUT2D eigenvalue weighted by Gasteiger charge is -2.46. The first-order valence-corrected chi connectivity index (χ1v) is 14.1. The van der Waals surface area contributed by atoms with Gasteiger partial charge in [-0.25, -0.2) is 4.79 Å². The van der Waals surface area contributed by atoms with Crippen molar-refractivity contribution in [2.45, 2.75) is 52.9 Å². The second-order valence-corrected chi connectivity index (χ2v) is 12.4. The standard InChI is InChI=1S/C26H33NO5Si/c1-25(2,3)21(17-32-33(5)6)26(4,24(30)31-16-18-12-8-7-9-13-18)27-22(28)19-14-10-11-15-20(19)23(27)29/h7-15,21,33H,16-17H2,1-6H3/t21-,26+/m1/s1. The van der Waals surface area contributed by atoms with E-state index in [0.717, 1.165) is 10.5 Å². The zero-order valence-electron chi connectivity index (χ0n) is 20.3. The van der Waals surface area contributed by atoms with Gasteiger partial charge < -0.3 is 9.16 Å². The first kappa shape index (κ1) is 24.9. The number of carbonyl (C=O) groups is 3. The third-order valence-corrected chi connectivity index (χ3v) is 7.06. The maximum Gasteiger partial charge on any atom is 0.333 e. The van der Waals surface area contributed by atoms with Crippen LogP contribution in [-0.4, -0.2) is 43.9 Å². The van der Waals surface area contributed by atoms with Gasteiger partial charge in [0.05, 0.1) is 11.1 Å². The van der Waals surface area contributed by atoms with Gasteiger partial charge in [-0.2, -0.15) is 0 Å². The van der Waals surface area contributed by atoms with Gasteiger partial charge >= 0.3 is 5.97 Å². The van der Waals surface area contributed by atoms with E-state index in [0.29, 0.717) is 11.1 Å². The molecule has 6 nitrogen and oxygen atoms in total. The van der Waals surface area contributed by atoms with E-state index in [4.69, 9.17) is 9.16 Å². The molecule has 1 heterocycles. The summed E-state index contributed by atoms with van der Waals surface area (Å²) in [6.07, 6.45) is 0. The lowest BCUT2D eigenvalue weighted by molar-refractivity contribution is -0.163. The number of imide groups is 1. The second-order valence-electron chi connectivity index (χ2n) is 10.0. The lowest BCUT2D eigenvalue weighted by atomic mass is 9.69. The molecule has 7 heteroatoms. The summed E-state index contributed by atoms with van der Waals surface area (Å²) in [5.41, 5.74) is -0.579. The molecule has 2 amide bonds. The van der Waals surface area contributed by atoms with Gasteiger partial charge in [0.15, 0.2) is 14.6 Å². The van der Waals surface area contributed by atoms with E-state index in [1.807, 2.05) is 64.2 Å². The number of benzene rings is 2. The maximum absolute atomic E-state index is 13.8. The number of carbonyl (C=O) groups excluding carboxylic acids is 3. The first-order valence-electron chi connectivity index (χ1n) is 11.3. The van der Waals surface area contributed by atoms with Crippen molar-refractivity contribution in [2.24, 2.45) is 11.3 Å². The van der Waals surface area contributed by atoms with Crippen LogP contribution in [0.2, 0.25) is 13.1 Å².